The quantitative estimate of drug-likeness (QED) is 0.110. The molecule has 19 heteroatoms. The highest BCUT2D eigenvalue weighted by atomic mass is 35.5. The number of nitrogens with one attached hydrogen (secondary N) is 2. The average molecular weight is 623 g/mol. The zero-order valence-electron chi connectivity index (χ0n) is 18.4. The van der Waals surface area contributed by atoms with Crippen LogP contribution in [-0.2, 0) is 30.1 Å². The number of aromatic nitrogens is 1. The number of hydrogen-bond acceptors (Lipinski definition) is 12. The van der Waals surface area contributed by atoms with Crippen LogP contribution in [0.25, 0.3) is 22.6 Å². The van der Waals surface area contributed by atoms with Gasteiger partial charge < -0.3 is 20.2 Å². The predicted octanol–water partition coefficient (Wildman–Crippen LogP) is 3.05. The van der Waals surface area contributed by atoms with E-state index in [4.69, 9.17) is 43.5 Å². The van der Waals surface area contributed by atoms with Crippen LogP contribution in [0.3, 0.4) is 0 Å². The van der Waals surface area contributed by atoms with Gasteiger partial charge in [0, 0.05) is 6.26 Å². The number of ether oxygens (including phenoxy) is 1. The SMILES string of the molecule is CS(=O)(=O)c1cc2nc3c(Cl)c4c(c(Cl)c3oc-2c(S(=O)(=O)O)c1=N)Nc1ccc(N)c(S(=O)(=O)O)c1O4. The molecule has 38 heavy (non-hydrogen) atoms. The molecule has 0 atom stereocenters. The molecule has 2 aromatic carbocycles. The molecule has 1 aliphatic carbocycles. The molecule has 0 saturated heterocycles. The first-order valence-corrected chi connectivity index (χ1v) is 15.3. The summed E-state index contributed by atoms with van der Waals surface area (Å²) in [6.07, 6.45) is 0.716. The molecule has 6 N–H and O–H groups in total. The molecule has 0 unspecified atom stereocenters. The molecular weight excluding hydrogens is 611 g/mol. The molecule has 3 aliphatic rings. The van der Waals surface area contributed by atoms with Crippen LogP contribution in [0.5, 0.6) is 11.5 Å². The highest BCUT2D eigenvalue weighted by Crippen LogP contribution is 2.55. The van der Waals surface area contributed by atoms with Crippen LogP contribution in [0.4, 0.5) is 17.1 Å². The standard InChI is InChI=1S/C19H12Cl2N4O10S3/c1-36(26,27)8-4-7-15(19(11(8)23)38(31,32)33)35-17-9(20)12-16(10(21)13(17)25-7)34-14-6(24-12)3-2-5(22)18(14)37(28,29)30/h2-4,23-24H,22H2,1H3,(H,28,29,30)(H,31,32,33). The second kappa shape index (κ2) is 8.15. The fourth-order valence-electron chi connectivity index (χ4n) is 3.86. The summed E-state index contributed by atoms with van der Waals surface area (Å²) in [7, 11) is -14.3. The van der Waals surface area contributed by atoms with Crippen LogP contribution in [0.15, 0.2) is 37.3 Å². The largest absolute Gasteiger partial charge is 0.450 e. The van der Waals surface area contributed by atoms with Crippen LogP contribution in [0.1, 0.15) is 0 Å². The van der Waals surface area contributed by atoms with Crippen LogP contribution >= 0.6 is 23.2 Å². The fourth-order valence-corrected chi connectivity index (χ4v) is 6.75. The number of nitrogens with zero attached hydrogens (tertiary/aromatic N) is 1. The zero-order valence-corrected chi connectivity index (χ0v) is 22.4. The molecular formula is C19H12Cl2N4O10S3. The number of halogens is 2. The number of rotatable bonds is 3. The summed E-state index contributed by atoms with van der Waals surface area (Å²) in [5.74, 6) is -1.39. The van der Waals surface area contributed by atoms with Gasteiger partial charge in [-0.3, -0.25) is 14.5 Å². The van der Waals surface area contributed by atoms with E-state index in [0.717, 1.165) is 6.07 Å². The van der Waals surface area contributed by atoms with E-state index in [0.29, 0.717) is 6.26 Å². The van der Waals surface area contributed by atoms with Gasteiger partial charge in [-0.15, -0.1) is 0 Å². The van der Waals surface area contributed by atoms with E-state index in [1.54, 1.807) is 0 Å². The Bertz CT molecular complexity index is 2110. The van der Waals surface area contributed by atoms with Crippen LogP contribution in [-0.4, -0.2) is 45.6 Å². The number of nitrogens with two attached hydrogens (primary N) is 1. The molecule has 0 saturated carbocycles. The molecule has 0 amide bonds. The summed E-state index contributed by atoms with van der Waals surface area (Å²) in [6, 6.07) is 3.34. The van der Waals surface area contributed by atoms with Gasteiger partial charge in [0.15, 0.2) is 42.5 Å². The van der Waals surface area contributed by atoms with E-state index in [-0.39, 0.29) is 44.0 Å². The number of nitrogen functional groups attached to an aromatic ring is 1. The summed E-state index contributed by atoms with van der Waals surface area (Å²) in [5, 5.41) is 9.15. The average Bonchev–Trinajstić information content (AvgIpc) is 2.77. The number of sulfone groups is 1. The second-order valence-electron chi connectivity index (χ2n) is 7.96. The minimum Gasteiger partial charge on any atom is -0.450 e. The van der Waals surface area contributed by atoms with Gasteiger partial charge in [0.05, 0.1) is 21.6 Å². The first-order chi connectivity index (χ1) is 17.4. The molecule has 0 spiro atoms. The van der Waals surface area contributed by atoms with Crippen LogP contribution < -0.4 is 21.1 Å². The van der Waals surface area contributed by atoms with Gasteiger partial charge in [-0.25, -0.2) is 13.4 Å². The monoisotopic (exact) mass is 622 g/mol. The van der Waals surface area contributed by atoms with E-state index in [1.165, 1.54) is 12.1 Å². The van der Waals surface area contributed by atoms with Crippen molar-refractivity contribution in [3.8, 4) is 23.0 Å². The highest BCUT2D eigenvalue weighted by Gasteiger charge is 2.35. The summed E-state index contributed by atoms with van der Waals surface area (Å²) < 4.78 is 103. The molecule has 5 rings (SSSR count). The molecule has 0 radical (unpaired) electrons. The Hall–Kier alpha value is -3.19. The third kappa shape index (κ3) is 3.94. The number of anilines is 3. The second-order valence-corrected chi connectivity index (χ2v) is 13.4. The lowest BCUT2D eigenvalue weighted by Gasteiger charge is -2.26. The Labute approximate surface area is 223 Å². The first kappa shape index (κ1) is 26.4. The summed E-state index contributed by atoms with van der Waals surface area (Å²) in [5.41, 5.74) is 4.21. The van der Waals surface area contributed by atoms with E-state index < -0.39 is 67.3 Å². The topological polar surface area (TPSA) is 240 Å². The molecule has 2 aliphatic heterocycles. The van der Waals surface area contributed by atoms with Gasteiger partial charge in [-0.05, 0) is 18.2 Å². The van der Waals surface area contributed by atoms with Gasteiger partial charge in [0.25, 0.3) is 10.1 Å². The Morgan fingerprint density at radius 2 is 1.63 bits per heavy atom. The predicted molar refractivity (Wildman–Crippen MR) is 133 cm³/mol. The number of fused-ring (bicyclic) bond motifs is 4. The van der Waals surface area contributed by atoms with Crippen LogP contribution in [0.2, 0.25) is 10.0 Å². The zero-order chi connectivity index (χ0) is 28.1. The number of benzene rings is 3. The maximum atomic E-state index is 12.2. The Morgan fingerprint density at radius 1 is 1.00 bits per heavy atom. The summed E-state index contributed by atoms with van der Waals surface area (Å²) >= 11 is 13.0. The van der Waals surface area contributed by atoms with Crippen molar-refractivity contribution in [1.29, 1.82) is 5.41 Å². The fraction of sp³-hybridized carbons (Fsp3) is 0.0526. The van der Waals surface area contributed by atoms with Crippen molar-refractivity contribution in [3.63, 3.8) is 0 Å². The third-order valence-electron chi connectivity index (χ3n) is 5.41. The van der Waals surface area contributed by atoms with E-state index >= 15 is 0 Å². The Balaban J connectivity index is 1.90. The molecule has 14 nitrogen and oxygen atoms in total. The molecule has 2 aromatic rings. The van der Waals surface area contributed by atoms with Gasteiger partial charge in [-0.1, -0.05) is 23.2 Å². The van der Waals surface area contributed by atoms with Crippen molar-refractivity contribution >= 4 is 81.4 Å². The van der Waals surface area contributed by atoms with Crippen molar-refractivity contribution in [2.75, 3.05) is 17.3 Å². The molecule has 2 heterocycles. The Morgan fingerprint density at radius 3 is 2.21 bits per heavy atom. The van der Waals surface area contributed by atoms with Gasteiger partial charge in [0.2, 0.25) is 0 Å². The number of hydrogen-bond donors (Lipinski definition) is 5. The molecule has 200 valence electrons. The lowest BCUT2D eigenvalue weighted by atomic mass is 10.1. The minimum atomic E-state index is -5.21. The van der Waals surface area contributed by atoms with Crippen LogP contribution in [0, 0.1) is 5.41 Å². The smallest absolute Gasteiger partial charge is 0.300 e. The van der Waals surface area contributed by atoms with Gasteiger partial charge in [0.1, 0.15) is 26.9 Å². The lowest BCUT2D eigenvalue weighted by Crippen LogP contribution is -2.23. The van der Waals surface area contributed by atoms with Gasteiger partial charge >= 0.3 is 10.1 Å². The van der Waals surface area contributed by atoms with E-state index in [1.807, 2.05) is 0 Å². The molecule has 0 aromatic heterocycles. The van der Waals surface area contributed by atoms with E-state index in [9.17, 15) is 34.4 Å². The highest BCUT2D eigenvalue weighted by molar-refractivity contribution is 7.90. The molecule has 0 fully saturated rings. The third-order valence-corrected chi connectivity index (χ3v) is 9.08. The van der Waals surface area contributed by atoms with Crippen molar-refractivity contribution in [2.24, 2.45) is 0 Å². The van der Waals surface area contributed by atoms with Gasteiger partial charge in [-0.2, -0.15) is 16.8 Å². The maximum Gasteiger partial charge on any atom is 0.300 e. The van der Waals surface area contributed by atoms with Crippen molar-refractivity contribution in [3.05, 3.63) is 33.6 Å². The minimum absolute atomic E-state index is 0.00439. The normalized spacial score (nSPS) is 13.6. The summed E-state index contributed by atoms with van der Waals surface area (Å²) in [6.45, 7) is 0. The van der Waals surface area contributed by atoms with Crippen molar-refractivity contribution in [2.45, 2.75) is 14.7 Å². The van der Waals surface area contributed by atoms with Crippen molar-refractivity contribution in [1.82, 2.24) is 4.98 Å². The first-order valence-electron chi connectivity index (χ1n) is 9.80. The maximum absolute atomic E-state index is 12.2. The van der Waals surface area contributed by atoms with Crippen molar-refractivity contribution < 1.29 is 43.5 Å². The molecule has 0 bridgehead atoms. The van der Waals surface area contributed by atoms with E-state index in [2.05, 4.69) is 10.3 Å². The summed E-state index contributed by atoms with van der Waals surface area (Å²) in [4.78, 5) is 1.45. The lowest BCUT2D eigenvalue weighted by molar-refractivity contribution is 0.449. The Kier molecular flexibility index (Phi) is 5.67.